The Hall–Kier alpha value is -0.410. The van der Waals surface area contributed by atoms with Crippen LogP contribution in [0, 0.1) is 17.8 Å². The van der Waals surface area contributed by atoms with Gasteiger partial charge in [-0.05, 0) is 12.3 Å². The van der Waals surface area contributed by atoms with E-state index in [1.165, 1.54) is 0 Å². The Morgan fingerprint density at radius 1 is 1.36 bits per heavy atom. The first-order valence-corrected chi connectivity index (χ1v) is 5.53. The lowest BCUT2D eigenvalue weighted by Gasteiger charge is -2.31. The number of rotatable bonds is 0. The van der Waals surface area contributed by atoms with Crippen molar-refractivity contribution in [1.29, 1.82) is 0 Å². The second-order valence-corrected chi connectivity index (χ2v) is 4.83. The van der Waals surface area contributed by atoms with Crippen molar-refractivity contribution in [3.05, 3.63) is 0 Å². The summed E-state index contributed by atoms with van der Waals surface area (Å²) in [5.41, 5.74) is 0. The molecule has 0 unspecified atom stereocenters. The van der Waals surface area contributed by atoms with Gasteiger partial charge in [-0.2, -0.15) is 0 Å². The normalized spacial score (nSPS) is 44.9. The van der Waals surface area contributed by atoms with Crippen LogP contribution >= 0.6 is 0 Å². The highest BCUT2D eigenvalue weighted by molar-refractivity contribution is 5.84. The van der Waals surface area contributed by atoms with Crippen LogP contribution in [0.5, 0.6) is 0 Å². The Bertz CT molecular complexity index is 268. The molecule has 0 aromatic rings. The van der Waals surface area contributed by atoms with E-state index in [4.69, 9.17) is 9.47 Å². The van der Waals surface area contributed by atoms with Gasteiger partial charge < -0.3 is 9.47 Å². The van der Waals surface area contributed by atoms with E-state index in [0.29, 0.717) is 30.8 Å². The number of Topliss-reactive ketones (excluding diaryl/α,β-unsaturated/α-hetero) is 1. The Kier molecular flexibility index (Phi) is 1.77. The number of carbonyl (C=O) groups is 1. The molecule has 0 aromatic carbocycles. The number of fused-ring (bicyclic) bond motifs is 2. The van der Waals surface area contributed by atoms with Gasteiger partial charge in [0.15, 0.2) is 5.79 Å². The highest BCUT2D eigenvalue weighted by Gasteiger charge is 2.59. The van der Waals surface area contributed by atoms with Gasteiger partial charge in [0.2, 0.25) is 0 Å². The zero-order valence-corrected chi connectivity index (χ0v) is 8.49. The minimum Gasteiger partial charge on any atom is -0.347 e. The molecule has 0 aromatic heterocycles. The lowest BCUT2D eigenvalue weighted by molar-refractivity contribution is -0.191. The van der Waals surface area contributed by atoms with Gasteiger partial charge in [-0.1, -0.05) is 6.92 Å². The first-order chi connectivity index (χ1) is 6.73. The number of ketones is 1. The van der Waals surface area contributed by atoms with Crippen molar-refractivity contribution >= 4 is 5.78 Å². The van der Waals surface area contributed by atoms with Crippen LogP contribution in [0.3, 0.4) is 0 Å². The van der Waals surface area contributed by atoms with Gasteiger partial charge in [0, 0.05) is 24.7 Å². The molecule has 3 aliphatic rings. The van der Waals surface area contributed by atoms with Crippen LogP contribution in [0.15, 0.2) is 0 Å². The van der Waals surface area contributed by atoms with Crippen LogP contribution in [0.2, 0.25) is 0 Å². The third-order valence-corrected chi connectivity index (χ3v) is 4.07. The highest BCUT2D eigenvalue weighted by Crippen LogP contribution is 2.54. The Balaban J connectivity index is 1.93. The zero-order valence-electron chi connectivity index (χ0n) is 8.49. The highest BCUT2D eigenvalue weighted by atomic mass is 16.7. The van der Waals surface area contributed by atoms with E-state index < -0.39 is 0 Å². The molecule has 3 atom stereocenters. The van der Waals surface area contributed by atoms with Gasteiger partial charge in [0.25, 0.3) is 0 Å². The van der Waals surface area contributed by atoms with E-state index >= 15 is 0 Å². The summed E-state index contributed by atoms with van der Waals surface area (Å²) in [6.45, 7) is 3.55. The van der Waals surface area contributed by atoms with Crippen molar-refractivity contribution in [2.75, 3.05) is 13.2 Å². The van der Waals surface area contributed by atoms with Gasteiger partial charge in [-0.15, -0.1) is 0 Å². The molecule has 2 saturated carbocycles. The Labute approximate surface area is 83.8 Å². The monoisotopic (exact) mass is 196 g/mol. The maximum Gasteiger partial charge on any atom is 0.172 e. The van der Waals surface area contributed by atoms with E-state index in [9.17, 15) is 4.79 Å². The summed E-state index contributed by atoms with van der Waals surface area (Å²) in [6, 6.07) is 0. The molecule has 1 aliphatic heterocycles. The predicted octanol–water partition coefficient (Wildman–Crippen LogP) is 1.36. The quantitative estimate of drug-likeness (QED) is 0.587. The third kappa shape index (κ3) is 0.971. The minimum absolute atomic E-state index is 0.225. The van der Waals surface area contributed by atoms with Crippen LogP contribution in [0.4, 0.5) is 0 Å². The van der Waals surface area contributed by atoms with E-state index in [0.717, 1.165) is 19.3 Å². The lowest BCUT2D eigenvalue weighted by Crippen LogP contribution is -2.38. The van der Waals surface area contributed by atoms with Crippen LogP contribution in [0.1, 0.15) is 26.2 Å². The topological polar surface area (TPSA) is 35.5 Å². The molecular weight excluding hydrogens is 180 g/mol. The smallest absolute Gasteiger partial charge is 0.172 e. The Morgan fingerprint density at radius 2 is 2.07 bits per heavy atom. The van der Waals surface area contributed by atoms with Crippen molar-refractivity contribution in [2.45, 2.75) is 32.0 Å². The molecule has 3 heteroatoms. The second kappa shape index (κ2) is 2.80. The van der Waals surface area contributed by atoms with E-state index in [1.54, 1.807) is 0 Å². The van der Waals surface area contributed by atoms with Gasteiger partial charge in [0.1, 0.15) is 5.78 Å². The molecule has 1 saturated heterocycles. The molecule has 3 fully saturated rings. The largest absolute Gasteiger partial charge is 0.347 e. The fourth-order valence-corrected chi connectivity index (χ4v) is 3.60. The molecule has 1 heterocycles. The number of carbonyl (C=O) groups excluding carboxylic acids is 1. The molecule has 3 nitrogen and oxygen atoms in total. The molecule has 0 amide bonds. The van der Waals surface area contributed by atoms with Crippen molar-refractivity contribution in [2.24, 2.45) is 17.8 Å². The average Bonchev–Trinajstić information content (AvgIpc) is 2.79. The molecular formula is C11H16O3. The Morgan fingerprint density at radius 3 is 2.79 bits per heavy atom. The molecule has 3 rings (SSSR count). The number of hydrogen-bond donors (Lipinski definition) is 0. The SMILES string of the molecule is C[C@H]1CC(=O)[C@@H]2CCC3(OCCO3)[C@H]12. The van der Waals surface area contributed by atoms with Crippen molar-refractivity contribution in [3.63, 3.8) is 0 Å². The van der Waals surface area contributed by atoms with Gasteiger partial charge in [-0.3, -0.25) is 4.79 Å². The molecule has 78 valence electrons. The number of ether oxygens (including phenoxy) is 2. The summed E-state index contributed by atoms with van der Waals surface area (Å²) in [5.74, 6) is 1.04. The van der Waals surface area contributed by atoms with Crippen molar-refractivity contribution < 1.29 is 14.3 Å². The fourth-order valence-electron chi connectivity index (χ4n) is 3.60. The second-order valence-electron chi connectivity index (χ2n) is 4.83. The minimum atomic E-state index is -0.379. The molecule has 1 spiro atoms. The summed E-state index contributed by atoms with van der Waals surface area (Å²) < 4.78 is 11.5. The van der Waals surface area contributed by atoms with E-state index in [2.05, 4.69) is 6.92 Å². The number of hydrogen-bond acceptors (Lipinski definition) is 3. The molecule has 0 radical (unpaired) electrons. The summed E-state index contributed by atoms with van der Waals surface area (Å²) in [6.07, 6.45) is 2.61. The van der Waals surface area contributed by atoms with Gasteiger partial charge in [-0.25, -0.2) is 0 Å². The van der Waals surface area contributed by atoms with E-state index in [1.807, 2.05) is 0 Å². The van der Waals surface area contributed by atoms with Crippen LogP contribution in [-0.2, 0) is 14.3 Å². The molecule has 14 heavy (non-hydrogen) atoms. The molecule has 0 bridgehead atoms. The maximum atomic E-state index is 11.7. The van der Waals surface area contributed by atoms with Crippen LogP contribution in [0.25, 0.3) is 0 Å². The third-order valence-electron chi connectivity index (χ3n) is 4.07. The fraction of sp³-hybridized carbons (Fsp3) is 0.909. The summed E-state index contributed by atoms with van der Waals surface area (Å²) >= 11 is 0. The standard InChI is InChI=1S/C11H16O3/c1-7-6-9(12)8-2-3-11(10(7)8)13-4-5-14-11/h7-8,10H,2-6H2,1H3/t7-,8-,10+/m0/s1. The predicted molar refractivity (Wildman–Crippen MR) is 49.6 cm³/mol. The van der Waals surface area contributed by atoms with Crippen LogP contribution in [-0.4, -0.2) is 24.8 Å². The zero-order chi connectivity index (χ0) is 9.76. The molecule has 2 aliphatic carbocycles. The van der Waals surface area contributed by atoms with Gasteiger partial charge >= 0.3 is 0 Å². The van der Waals surface area contributed by atoms with E-state index in [-0.39, 0.29) is 11.7 Å². The lowest BCUT2D eigenvalue weighted by atomic mass is 9.89. The van der Waals surface area contributed by atoms with Gasteiger partial charge in [0.05, 0.1) is 13.2 Å². The first-order valence-electron chi connectivity index (χ1n) is 5.53. The average molecular weight is 196 g/mol. The van der Waals surface area contributed by atoms with Crippen molar-refractivity contribution in [1.82, 2.24) is 0 Å². The first kappa shape index (κ1) is 8.86. The summed E-state index contributed by atoms with van der Waals surface area (Å²) in [4.78, 5) is 11.7. The summed E-state index contributed by atoms with van der Waals surface area (Å²) in [5, 5.41) is 0. The molecule has 0 N–H and O–H groups in total. The summed E-state index contributed by atoms with van der Waals surface area (Å²) in [7, 11) is 0. The van der Waals surface area contributed by atoms with Crippen LogP contribution < -0.4 is 0 Å². The maximum absolute atomic E-state index is 11.7. The van der Waals surface area contributed by atoms with Crippen molar-refractivity contribution in [3.8, 4) is 0 Å².